The van der Waals surface area contributed by atoms with Crippen LogP contribution in [-0.2, 0) is 6.54 Å². The standard InChI is InChI=1S/C12H17N3O2S/c1-9-8-18-5-4-14(9)7-10-2-3-11(13)12(6-10)15(16)17/h2-3,6,9H,4-5,7-8,13H2,1H3. The SMILES string of the molecule is CC1CSCCN1Cc1ccc(N)c([N+](=O)[O-])c1. The molecule has 1 aromatic carbocycles. The molecule has 1 aliphatic rings. The maximum atomic E-state index is 10.8. The second kappa shape index (κ2) is 5.58. The van der Waals surface area contributed by atoms with E-state index in [4.69, 9.17) is 5.73 Å². The highest BCUT2D eigenvalue weighted by Crippen LogP contribution is 2.24. The molecule has 0 spiro atoms. The number of nitro groups is 1. The van der Waals surface area contributed by atoms with Gasteiger partial charge in [0.2, 0.25) is 0 Å². The highest BCUT2D eigenvalue weighted by Gasteiger charge is 2.20. The molecular weight excluding hydrogens is 250 g/mol. The summed E-state index contributed by atoms with van der Waals surface area (Å²) in [5.74, 6) is 2.25. The zero-order valence-electron chi connectivity index (χ0n) is 10.3. The highest BCUT2D eigenvalue weighted by molar-refractivity contribution is 7.99. The molecule has 5 nitrogen and oxygen atoms in total. The smallest absolute Gasteiger partial charge is 0.292 e. The van der Waals surface area contributed by atoms with Crippen LogP contribution in [0.5, 0.6) is 0 Å². The molecule has 1 saturated heterocycles. The Hall–Kier alpha value is -1.27. The van der Waals surface area contributed by atoms with E-state index in [2.05, 4.69) is 11.8 Å². The molecule has 0 aromatic heterocycles. The fraction of sp³-hybridized carbons (Fsp3) is 0.500. The van der Waals surface area contributed by atoms with Crippen molar-refractivity contribution in [3.63, 3.8) is 0 Å². The predicted octanol–water partition coefficient (Wildman–Crippen LogP) is 2.11. The van der Waals surface area contributed by atoms with E-state index in [0.29, 0.717) is 6.04 Å². The van der Waals surface area contributed by atoms with Crippen LogP contribution in [0.3, 0.4) is 0 Å². The molecule has 98 valence electrons. The zero-order valence-corrected chi connectivity index (χ0v) is 11.2. The fourth-order valence-corrected chi connectivity index (χ4v) is 3.16. The van der Waals surface area contributed by atoms with E-state index in [0.717, 1.165) is 30.2 Å². The summed E-state index contributed by atoms with van der Waals surface area (Å²) in [7, 11) is 0. The van der Waals surface area contributed by atoms with E-state index in [9.17, 15) is 10.1 Å². The predicted molar refractivity (Wildman–Crippen MR) is 74.7 cm³/mol. The molecule has 18 heavy (non-hydrogen) atoms. The van der Waals surface area contributed by atoms with Crippen molar-refractivity contribution >= 4 is 23.1 Å². The van der Waals surface area contributed by atoms with E-state index in [1.54, 1.807) is 12.1 Å². The van der Waals surface area contributed by atoms with E-state index in [1.165, 1.54) is 0 Å². The van der Waals surface area contributed by atoms with Crippen LogP contribution in [0.15, 0.2) is 18.2 Å². The van der Waals surface area contributed by atoms with Gasteiger partial charge in [-0.1, -0.05) is 6.07 Å². The number of thioether (sulfide) groups is 1. The lowest BCUT2D eigenvalue weighted by Crippen LogP contribution is -2.39. The van der Waals surface area contributed by atoms with Crippen LogP contribution in [0.4, 0.5) is 11.4 Å². The Morgan fingerprint density at radius 3 is 3.06 bits per heavy atom. The molecule has 1 heterocycles. The number of nitrogen functional groups attached to an aromatic ring is 1. The minimum absolute atomic E-state index is 0.00605. The first kappa shape index (κ1) is 13.2. The van der Waals surface area contributed by atoms with Gasteiger partial charge in [-0.15, -0.1) is 0 Å². The van der Waals surface area contributed by atoms with Gasteiger partial charge in [-0.3, -0.25) is 15.0 Å². The highest BCUT2D eigenvalue weighted by atomic mass is 32.2. The molecule has 1 fully saturated rings. The minimum atomic E-state index is -0.422. The lowest BCUT2D eigenvalue weighted by molar-refractivity contribution is -0.384. The third-order valence-electron chi connectivity index (χ3n) is 3.18. The molecule has 0 bridgehead atoms. The van der Waals surface area contributed by atoms with Gasteiger partial charge in [0.05, 0.1) is 4.92 Å². The molecule has 1 unspecified atom stereocenters. The van der Waals surface area contributed by atoms with Gasteiger partial charge >= 0.3 is 0 Å². The maximum absolute atomic E-state index is 10.8. The molecule has 0 radical (unpaired) electrons. The van der Waals surface area contributed by atoms with E-state index in [1.807, 2.05) is 17.8 Å². The Morgan fingerprint density at radius 1 is 1.61 bits per heavy atom. The quantitative estimate of drug-likeness (QED) is 0.516. The van der Waals surface area contributed by atoms with E-state index >= 15 is 0 Å². The van der Waals surface area contributed by atoms with Crippen molar-refractivity contribution in [2.75, 3.05) is 23.8 Å². The van der Waals surface area contributed by atoms with Crippen LogP contribution in [0.1, 0.15) is 12.5 Å². The first-order valence-corrected chi connectivity index (χ1v) is 7.08. The summed E-state index contributed by atoms with van der Waals surface area (Å²) in [4.78, 5) is 12.8. The van der Waals surface area contributed by atoms with Gasteiger partial charge in [0.25, 0.3) is 5.69 Å². The van der Waals surface area contributed by atoms with Crippen molar-refractivity contribution in [2.45, 2.75) is 19.5 Å². The Bertz CT molecular complexity index is 453. The summed E-state index contributed by atoms with van der Waals surface area (Å²) in [6.45, 7) is 3.98. The normalized spacial score (nSPS) is 20.8. The second-order valence-corrected chi connectivity index (χ2v) is 5.69. The molecule has 1 aliphatic heterocycles. The summed E-state index contributed by atoms with van der Waals surface area (Å²) in [6, 6.07) is 5.60. The number of hydrogen-bond acceptors (Lipinski definition) is 5. The number of hydrogen-bond donors (Lipinski definition) is 1. The molecule has 2 N–H and O–H groups in total. The number of nitrogens with zero attached hydrogens (tertiary/aromatic N) is 2. The van der Waals surface area contributed by atoms with Crippen LogP contribution >= 0.6 is 11.8 Å². The zero-order chi connectivity index (χ0) is 13.1. The van der Waals surface area contributed by atoms with Crippen LogP contribution in [0.25, 0.3) is 0 Å². The lowest BCUT2D eigenvalue weighted by Gasteiger charge is -2.32. The Morgan fingerprint density at radius 2 is 2.39 bits per heavy atom. The van der Waals surface area contributed by atoms with Crippen LogP contribution in [0, 0.1) is 10.1 Å². The van der Waals surface area contributed by atoms with E-state index < -0.39 is 4.92 Å². The molecular formula is C12H17N3O2S. The van der Waals surface area contributed by atoms with Gasteiger partial charge in [0.1, 0.15) is 5.69 Å². The third kappa shape index (κ3) is 2.94. The van der Waals surface area contributed by atoms with Gasteiger partial charge < -0.3 is 5.73 Å². The summed E-state index contributed by atoms with van der Waals surface area (Å²) >= 11 is 1.96. The lowest BCUT2D eigenvalue weighted by atomic mass is 10.1. The summed E-state index contributed by atoms with van der Waals surface area (Å²) in [6.07, 6.45) is 0. The molecule has 2 rings (SSSR count). The first-order valence-electron chi connectivity index (χ1n) is 5.92. The van der Waals surface area contributed by atoms with Gasteiger partial charge in [-0.2, -0.15) is 11.8 Å². The van der Waals surface area contributed by atoms with Crippen molar-refractivity contribution in [1.82, 2.24) is 4.90 Å². The third-order valence-corrected chi connectivity index (χ3v) is 4.37. The van der Waals surface area contributed by atoms with E-state index in [-0.39, 0.29) is 11.4 Å². The molecule has 0 aliphatic carbocycles. The van der Waals surface area contributed by atoms with Gasteiger partial charge in [-0.05, 0) is 18.6 Å². The molecule has 6 heteroatoms. The number of rotatable bonds is 3. The van der Waals surface area contributed by atoms with Gasteiger partial charge in [0.15, 0.2) is 0 Å². The molecule has 1 atom stereocenters. The Balaban J connectivity index is 2.14. The van der Waals surface area contributed by atoms with Crippen molar-refractivity contribution in [1.29, 1.82) is 0 Å². The van der Waals surface area contributed by atoms with Crippen molar-refractivity contribution in [2.24, 2.45) is 0 Å². The largest absolute Gasteiger partial charge is 0.393 e. The summed E-state index contributed by atoms with van der Waals surface area (Å²) in [5, 5.41) is 10.8. The molecule has 0 saturated carbocycles. The maximum Gasteiger partial charge on any atom is 0.292 e. The number of benzene rings is 1. The van der Waals surface area contributed by atoms with Gasteiger partial charge in [0, 0.05) is 36.7 Å². The van der Waals surface area contributed by atoms with Crippen molar-refractivity contribution < 1.29 is 4.92 Å². The van der Waals surface area contributed by atoms with Crippen LogP contribution in [-0.4, -0.2) is 33.9 Å². The average molecular weight is 267 g/mol. The average Bonchev–Trinajstić information content (AvgIpc) is 2.34. The van der Waals surface area contributed by atoms with Crippen LogP contribution in [0.2, 0.25) is 0 Å². The van der Waals surface area contributed by atoms with Crippen molar-refractivity contribution in [3.05, 3.63) is 33.9 Å². The monoisotopic (exact) mass is 267 g/mol. The minimum Gasteiger partial charge on any atom is -0.393 e. The van der Waals surface area contributed by atoms with Gasteiger partial charge in [-0.25, -0.2) is 0 Å². The Labute approximate surface area is 110 Å². The summed E-state index contributed by atoms with van der Waals surface area (Å²) in [5.41, 5.74) is 6.78. The second-order valence-electron chi connectivity index (χ2n) is 4.54. The molecule has 1 aromatic rings. The summed E-state index contributed by atoms with van der Waals surface area (Å²) < 4.78 is 0. The first-order chi connectivity index (χ1) is 8.58. The molecule has 0 amide bonds. The number of nitrogens with two attached hydrogens (primary N) is 1. The Kier molecular flexibility index (Phi) is 4.08. The number of anilines is 1. The fourth-order valence-electron chi connectivity index (χ4n) is 2.08. The van der Waals surface area contributed by atoms with Crippen LogP contribution < -0.4 is 5.73 Å². The van der Waals surface area contributed by atoms with Crippen molar-refractivity contribution in [3.8, 4) is 0 Å². The topological polar surface area (TPSA) is 72.4 Å². The number of nitro benzene ring substituents is 1.